The second-order valence-corrected chi connectivity index (χ2v) is 7.40. The normalized spacial score (nSPS) is 10.6. The number of thiazole rings is 1. The van der Waals surface area contributed by atoms with E-state index in [0.717, 1.165) is 26.4 Å². The number of fused-ring (bicyclic) bond motifs is 1. The highest BCUT2D eigenvalue weighted by atomic mass is 32.1. The molecule has 140 valence electrons. The largest absolute Gasteiger partial charge is 0.484 e. The first-order chi connectivity index (χ1) is 13.0. The minimum Gasteiger partial charge on any atom is -0.484 e. The summed E-state index contributed by atoms with van der Waals surface area (Å²) in [5.41, 5.74) is 7.83. The molecule has 3 rings (SSSR count). The number of aryl methyl sites for hydroxylation is 3. The number of amides is 2. The number of carbonyl (C=O) groups is 2. The summed E-state index contributed by atoms with van der Waals surface area (Å²) in [6.07, 6.45) is 0.776. The van der Waals surface area contributed by atoms with Gasteiger partial charge in [-0.3, -0.25) is 20.4 Å². The number of carbonyl (C=O) groups excluding carboxylic acids is 2. The van der Waals surface area contributed by atoms with Crippen LogP contribution in [0.5, 0.6) is 5.75 Å². The predicted molar refractivity (Wildman–Crippen MR) is 106 cm³/mol. The molecule has 0 aliphatic carbocycles. The van der Waals surface area contributed by atoms with Crippen LogP contribution in [-0.4, -0.2) is 23.4 Å². The van der Waals surface area contributed by atoms with E-state index in [1.807, 2.05) is 56.3 Å². The second kappa shape index (κ2) is 8.64. The molecule has 2 amide bonds. The second-order valence-electron chi connectivity index (χ2n) is 6.28. The smallest absolute Gasteiger partial charge is 0.276 e. The van der Waals surface area contributed by atoms with Gasteiger partial charge in [-0.2, -0.15) is 0 Å². The first-order valence-electron chi connectivity index (χ1n) is 8.63. The van der Waals surface area contributed by atoms with Crippen LogP contribution in [0.25, 0.3) is 10.2 Å². The summed E-state index contributed by atoms with van der Waals surface area (Å²) >= 11 is 1.57. The number of nitrogens with zero attached hydrogens (tertiary/aromatic N) is 1. The van der Waals surface area contributed by atoms with Crippen LogP contribution in [0.3, 0.4) is 0 Å². The van der Waals surface area contributed by atoms with E-state index >= 15 is 0 Å². The number of nitrogens with one attached hydrogen (secondary N) is 2. The summed E-state index contributed by atoms with van der Waals surface area (Å²) < 4.78 is 6.55. The zero-order valence-corrected chi connectivity index (χ0v) is 16.1. The highest BCUT2D eigenvalue weighted by Crippen LogP contribution is 2.22. The van der Waals surface area contributed by atoms with Crippen molar-refractivity contribution in [1.82, 2.24) is 15.8 Å². The Morgan fingerprint density at radius 1 is 1.04 bits per heavy atom. The van der Waals surface area contributed by atoms with Gasteiger partial charge in [0.05, 0.1) is 15.2 Å². The first-order valence-corrected chi connectivity index (χ1v) is 9.44. The van der Waals surface area contributed by atoms with Crippen LogP contribution in [-0.2, 0) is 16.0 Å². The molecule has 2 aromatic carbocycles. The van der Waals surface area contributed by atoms with Crippen molar-refractivity contribution in [2.24, 2.45) is 0 Å². The minimum absolute atomic E-state index is 0.166. The maximum absolute atomic E-state index is 11.9. The highest BCUT2D eigenvalue weighted by molar-refractivity contribution is 7.18. The van der Waals surface area contributed by atoms with E-state index in [-0.39, 0.29) is 18.9 Å². The van der Waals surface area contributed by atoms with E-state index < -0.39 is 5.91 Å². The molecule has 2 N–H and O–H groups in total. The average Bonchev–Trinajstić information content (AvgIpc) is 3.05. The van der Waals surface area contributed by atoms with Gasteiger partial charge in [0, 0.05) is 12.8 Å². The van der Waals surface area contributed by atoms with Crippen LogP contribution in [0.4, 0.5) is 0 Å². The lowest BCUT2D eigenvalue weighted by Gasteiger charge is -2.09. The highest BCUT2D eigenvalue weighted by Gasteiger charge is 2.09. The Kier molecular flexibility index (Phi) is 6.03. The fraction of sp³-hybridized carbons (Fsp3) is 0.250. The minimum atomic E-state index is -0.414. The van der Waals surface area contributed by atoms with Crippen LogP contribution < -0.4 is 15.6 Å². The van der Waals surface area contributed by atoms with Crippen LogP contribution in [0, 0.1) is 13.8 Å². The van der Waals surface area contributed by atoms with Crippen LogP contribution in [0.1, 0.15) is 22.6 Å². The Morgan fingerprint density at radius 2 is 1.74 bits per heavy atom. The van der Waals surface area contributed by atoms with Crippen molar-refractivity contribution in [3.8, 4) is 5.75 Å². The number of hydrazine groups is 1. The molecule has 0 saturated carbocycles. The molecule has 0 radical (unpaired) electrons. The van der Waals surface area contributed by atoms with Crippen molar-refractivity contribution < 1.29 is 14.3 Å². The molecule has 0 aliphatic heterocycles. The van der Waals surface area contributed by atoms with Crippen molar-refractivity contribution >= 4 is 33.4 Å². The molecular weight excluding hydrogens is 362 g/mol. The summed E-state index contributed by atoms with van der Waals surface area (Å²) in [5, 5.41) is 0.899. The lowest BCUT2D eigenvalue weighted by Crippen LogP contribution is -2.43. The molecule has 1 heterocycles. The molecule has 0 fully saturated rings. The molecule has 3 aromatic rings. The third-order valence-electron chi connectivity index (χ3n) is 3.81. The van der Waals surface area contributed by atoms with Crippen molar-refractivity contribution in [2.75, 3.05) is 6.61 Å². The third kappa shape index (κ3) is 5.52. The fourth-order valence-electron chi connectivity index (χ4n) is 2.65. The maximum atomic E-state index is 11.9. The predicted octanol–water partition coefficient (Wildman–Crippen LogP) is 3.07. The van der Waals surface area contributed by atoms with Crippen LogP contribution in [0.2, 0.25) is 0 Å². The molecule has 27 heavy (non-hydrogen) atoms. The van der Waals surface area contributed by atoms with E-state index in [4.69, 9.17) is 4.74 Å². The molecule has 0 saturated heterocycles. The van der Waals surface area contributed by atoms with Gasteiger partial charge < -0.3 is 4.74 Å². The lowest BCUT2D eigenvalue weighted by molar-refractivity contribution is -0.130. The van der Waals surface area contributed by atoms with Gasteiger partial charge in [0.15, 0.2) is 6.61 Å². The number of aromatic nitrogens is 1. The number of ether oxygens (including phenoxy) is 1. The molecule has 0 spiro atoms. The lowest BCUT2D eigenvalue weighted by atomic mass is 10.1. The van der Waals surface area contributed by atoms with Gasteiger partial charge in [-0.05, 0) is 49.2 Å². The van der Waals surface area contributed by atoms with E-state index in [0.29, 0.717) is 12.2 Å². The van der Waals surface area contributed by atoms with Crippen molar-refractivity contribution in [2.45, 2.75) is 26.7 Å². The number of hydrogen-bond donors (Lipinski definition) is 2. The molecule has 0 aliphatic rings. The Balaban J connectivity index is 1.39. The Hall–Kier alpha value is -2.93. The maximum Gasteiger partial charge on any atom is 0.276 e. The summed E-state index contributed by atoms with van der Waals surface area (Å²) in [6, 6.07) is 13.6. The molecule has 7 heteroatoms. The standard InChI is InChI=1S/C20H21N3O3S/c1-13-9-14(2)11-15(10-13)26-12-19(25)23-22-18(24)7-8-20-21-16-5-3-4-6-17(16)27-20/h3-6,9-11H,7-8,12H2,1-2H3,(H,22,24)(H,23,25). The van der Waals surface area contributed by atoms with Gasteiger partial charge in [0.2, 0.25) is 5.91 Å². The van der Waals surface area contributed by atoms with Crippen LogP contribution >= 0.6 is 11.3 Å². The Labute approximate surface area is 161 Å². The van der Waals surface area contributed by atoms with Crippen LogP contribution in [0.15, 0.2) is 42.5 Å². The van der Waals surface area contributed by atoms with Gasteiger partial charge in [0.1, 0.15) is 5.75 Å². The van der Waals surface area contributed by atoms with E-state index in [9.17, 15) is 9.59 Å². The zero-order chi connectivity index (χ0) is 19.2. The first kappa shape index (κ1) is 18.8. The summed E-state index contributed by atoms with van der Waals surface area (Å²) in [7, 11) is 0. The quantitative estimate of drug-likeness (QED) is 0.641. The third-order valence-corrected chi connectivity index (χ3v) is 4.91. The fourth-order valence-corrected chi connectivity index (χ4v) is 3.62. The number of rotatable bonds is 6. The van der Waals surface area contributed by atoms with Crippen molar-refractivity contribution in [3.05, 3.63) is 58.6 Å². The zero-order valence-electron chi connectivity index (χ0n) is 15.2. The SMILES string of the molecule is Cc1cc(C)cc(OCC(=O)NNC(=O)CCc2nc3ccccc3s2)c1. The number of benzene rings is 2. The number of para-hydroxylation sites is 1. The molecular formula is C20H21N3O3S. The summed E-state index contributed by atoms with van der Waals surface area (Å²) in [6.45, 7) is 3.76. The van der Waals surface area contributed by atoms with Crippen molar-refractivity contribution in [3.63, 3.8) is 0 Å². The molecule has 0 atom stereocenters. The molecule has 6 nitrogen and oxygen atoms in total. The number of hydrogen-bond acceptors (Lipinski definition) is 5. The van der Waals surface area contributed by atoms with Gasteiger partial charge in [0.25, 0.3) is 5.91 Å². The molecule has 0 unspecified atom stereocenters. The van der Waals surface area contributed by atoms with Crippen molar-refractivity contribution in [1.29, 1.82) is 0 Å². The van der Waals surface area contributed by atoms with E-state index in [2.05, 4.69) is 15.8 Å². The van der Waals surface area contributed by atoms with Gasteiger partial charge >= 0.3 is 0 Å². The molecule has 0 bridgehead atoms. The molecule has 1 aromatic heterocycles. The topological polar surface area (TPSA) is 80.3 Å². The monoisotopic (exact) mass is 383 g/mol. The van der Waals surface area contributed by atoms with E-state index in [1.165, 1.54) is 0 Å². The summed E-state index contributed by atoms with van der Waals surface area (Å²) in [5.74, 6) is -0.0543. The van der Waals surface area contributed by atoms with Gasteiger partial charge in [-0.1, -0.05) is 18.2 Å². The Morgan fingerprint density at radius 3 is 2.48 bits per heavy atom. The van der Waals surface area contributed by atoms with E-state index in [1.54, 1.807) is 11.3 Å². The van der Waals surface area contributed by atoms with Gasteiger partial charge in [-0.15, -0.1) is 11.3 Å². The summed E-state index contributed by atoms with van der Waals surface area (Å²) in [4.78, 5) is 28.2. The Bertz CT molecular complexity index is 915. The average molecular weight is 383 g/mol. The van der Waals surface area contributed by atoms with Gasteiger partial charge in [-0.25, -0.2) is 4.98 Å².